The summed E-state index contributed by atoms with van der Waals surface area (Å²) in [4.78, 5) is 25.2. The number of carbonyl (C=O) groups excluding carboxylic acids is 2. The van der Waals surface area contributed by atoms with Gasteiger partial charge in [0.1, 0.15) is 11.6 Å². The van der Waals surface area contributed by atoms with Gasteiger partial charge in [-0.3, -0.25) is 9.59 Å². The zero-order valence-electron chi connectivity index (χ0n) is 12.4. The molecule has 1 fully saturated rings. The van der Waals surface area contributed by atoms with E-state index in [0.717, 1.165) is 37.0 Å². The summed E-state index contributed by atoms with van der Waals surface area (Å²) in [5.41, 5.74) is -0.232. The summed E-state index contributed by atoms with van der Waals surface area (Å²) in [5, 5.41) is 32.5. The molecule has 1 aliphatic heterocycles. The van der Waals surface area contributed by atoms with Crippen molar-refractivity contribution in [3.63, 3.8) is 0 Å². The largest absolute Gasteiger partial charge is 0.395 e. The summed E-state index contributed by atoms with van der Waals surface area (Å²) in [5.74, 6) is -0.965. The number of hydrogen-bond donors (Lipinski definition) is 4. The quantitative estimate of drug-likeness (QED) is 0.329. The van der Waals surface area contributed by atoms with Gasteiger partial charge in [0.15, 0.2) is 0 Å². The first kappa shape index (κ1) is 18.1. The van der Waals surface area contributed by atoms with E-state index in [-0.39, 0.29) is 43.7 Å². The Bertz CT molecular complexity index is 446. The van der Waals surface area contributed by atoms with E-state index in [1.807, 2.05) is 0 Å². The monoisotopic (exact) mass is 310 g/mol. The fraction of sp³-hybridized carbons (Fsp3) is 0.643. The summed E-state index contributed by atoms with van der Waals surface area (Å²) in [6.45, 7) is 1.03. The van der Waals surface area contributed by atoms with Gasteiger partial charge in [-0.2, -0.15) is 5.26 Å². The number of nitrogens with zero attached hydrogens (tertiary/aromatic N) is 2. The molecule has 0 radical (unpaired) electrons. The second-order valence-electron chi connectivity index (χ2n) is 4.94. The molecule has 8 heteroatoms. The average Bonchev–Trinajstić information content (AvgIpc) is 2.55. The van der Waals surface area contributed by atoms with Crippen LogP contribution in [0, 0.1) is 17.2 Å². The lowest BCUT2D eigenvalue weighted by molar-refractivity contribution is -0.127. The highest BCUT2D eigenvalue weighted by Crippen LogP contribution is 2.11. The molecule has 122 valence electrons. The number of rotatable bonds is 7. The van der Waals surface area contributed by atoms with Gasteiger partial charge in [-0.15, -0.1) is 0 Å². The standard InChI is InChI=1S/C14H22N4O4/c15-9-12(14(22)18(5-7-19)6-8-20)10-17-13(21)11-1-3-16-4-2-11/h10-11,16,19-20H,1-8H2,(H,17,21)/b12-10-. The molecule has 0 atom stereocenters. The van der Waals surface area contributed by atoms with Crippen molar-refractivity contribution in [2.24, 2.45) is 5.92 Å². The number of aliphatic hydroxyl groups is 2. The topological polar surface area (TPSA) is 126 Å². The molecule has 2 amide bonds. The molecule has 0 aromatic carbocycles. The number of nitriles is 1. The Morgan fingerprint density at radius 1 is 1.27 bits per heavy atom. The maximum atomic E-state index is 12.1. The molecule has 8 nitrogen and oxygen atoms in total. The van der Waals surface area contributed by atoms with E-state index in [1.54, 1.807) is 6.07 Å². The Morgan fingerprint density at radius 2 is 1.86 bits per heavy atom. The molecule has 0 unspecified atom stereocenters. The van der Waals surface area contributed by atoms with E-state index in [9.17, 15) is 9.59 Å². The second kappa shape index (κ2) is 9.89. The van der Waals surface area contributed by atoms with Gasteiger partial charge >= 0.3 is 0 Å². The van der Waals surface area contributed by atoms with Gasteiger partial charge in [0, 0.05) is 25.2 Å². The Kier molecular flexibility index (Phi) is 8.14. The van der Waals surface area contributed by atoms with Crippen LogP contribution in [0.2, 0.25) is 0 Å². The summed E-state index contributed by atoms with van der Waals surface area (Å²) >= 11 is 0. The minimum absolute atomic E-state index is 0.0145. The van der Waals surface area contributed by atoms with Crippen molar-refractivity contribution in [2.45, 2.75) is 12.8 Å². The molecular weight excluding hydrogens is 288 g/mol. The Hall–Kier alpha value is -1.95. The van der Waals surface area contributed by atoms with Crippen LogP contribution >= 0.6 is 0 Å². The molecule has 0 aromatic heterocycles. The Labute approximate surface area is 129 Å². The number of carbonyl (C=O) groups is 2. The lowest BCUT2D eigenvalue weighted by atomic mass is 9.97. The van der Waals surface area contributed by atoms with Crippen LogP contribution in [0.5, 0.6) is 0 Å². The summed E-state index contributed by atoms with van der Waals surface area (Å²) in [6.07, 6.45) is 2.54. The van der Waals surface area contributed by atoms with E-state index < -0.39 is 5.91 Å². The first-order valence-corrected chi connectivity index (χ1v) is 7.26. The highest BCUT2D eigenvalue weighted by Gasteiger charge is 2.21. The third kappa shape index (κ3) is 5.44. The van der Waals surface area contributed by atoms with E-state index in [0.29, 0.717) is 0 Å². The van der Waals surface area contributed by atoms with Crippen molar-refractivity contribution in [1.82, 2.24) is 15.5 Å². The molecule has 0 bridgehead atoms. The summed E-state index contributed by atoms with van der Waals surface area (Å²) < 4.78 is 0. The van der Waals surface area contributed by atoms with Gasteiger partial charge in [0.25, 0.3) is 5.91 Å². The number of amides is 2. The third-order valence-electron chi connectivity index (χ3n) is 3.45. The Morgan fingerprint density at radius 3 is 2.36 bits per heavy atom. The highest BCUT2D eigenvalue weighted by molar-refractivity contribution is 5.97. The van der Waals surface area contributed by atoms with Gasteiger partial charge < -0.3 is 25.7 Å². The molecule has 1 rings (SSSR count). The zero-order valence-corrected chi connectivity index (χ0v) is 12.4. The first-order chi connectivity index (χ1) is 10.6. The van der Waals surface area contributed by atoms with Gasteiger partial charge in [-0.1, -0.05) is 0 Å². The van der Waals surface area contributed by atoms with Crippen LogP contribution in [-0.2, 0) is 9.59 Å². The second-order valence-corrected chi connectivity index (χ2v) is 4.94. The van der Waals surface area contributed by atoms with Crippen LogP contribution in [0.4, 0.5) is 0 Å². The van der Waals surface area contributed by atoms with Gasteiger partial charge in [0.2, 0.25) is 5.91 Å². The number of nitrogens with one attached hydrogen (secondary N) is 2. The van der Waals surface area contributed by atoms with E-state index >= 15 is 0 Å². The zero-order chi connectivity index (χ0) is 16.4. The van der Waals surface area contributed by atoms with Crippen molar-refractivity contribution in [1.29, 1.82) is 5.26 Å². The SMILES string of the molecule is N#C/C(=C/NC(=O)C1CCNCC1)C(=O)N(CCO)CCO. The van der Waals surface area contributed by atoms with E-state index in [2.05, 4.69) is 10.6 Å². The maximum absolute atomic E-state index is 12.1. The van der Waals surface area contributed by atoms with Crippen molar-refractivity contribution >= 4 is 11.8 Å². The number of hydrogen-bond acceptors (Lipinski definition) is 6. The molecule has 0 aromatic rings. The third-order valence-corrected chi connectivity index (χ3v) is 3.45. The lowest BCUT2D eigenvalue weighted by Crippen LogP contribution is -2.38. The van der Waals surface area contributed by atoms with Gasteiger partial charge in [-0.05, 0) is 25.9 Å². The molecule has 0 aliphatic carbocycles. The maximum Gasteiger partial charge on any atom is 0.266 e. The fourth-order valence-electron chi connectivity index (χ4n) is 2.21. The summed E-state index contributed by atoms with van der Waals surface area (Å²) in [7, 11) is 0. The van der Waals surface area contributed by atoms with Crippen molar-refractivity contribution in [3.05, 3.63) is 11.8 Å². The van der Waals surface area contributed by atoms with Crippen LogP contribution in [0.3, 0.4) is 0 Å². The molecular formula is C14H22N4O4. The normalized spacial score (nSPS) is 16.0. The fourth-order valence-corrected chi connectivity index (χ4v) is 2.21. The first-order valence-electron chi connectivity index (χ1n) is 7.26. The predicted octanol–water partition coefficient (Wildman–Crippen LogP) is -1.68. The molecule has 0 saturated carbocycles. The van der Waals surface area contributed by atoms with Crippen molar-refractivity contribution in [2.75, 3.05) is 39.4 Å². The molecule has 1 saturated heterocycles. The van der Waals surface area contributed by atoms with Crippen molar-refractivity contribution in [3.8, 4) is 6.07 Å². The highest BCUT2D eigenvalue weighted by atomic mass is 16.3. The molecule has 1 aliphatic rings. The van der Waals surface area contributed by atoms with E-state index in [4.69, 9.17) is 15.5 Å². The predicted molar refractivity (Wildman–Crippen MR) is 78.2 cm³/mol. The van der Waals surface area contributed by atoms with Crippen LogP contribution < -0.4 is 10.6 Å². The lowest BCUT2D eigenvalue weighted by Gasteiger charge is -2.21. The molecule has 4 N–H and O–H groups in total. The Balaban J connectivity index is 2.66. The minimum Gasteiger partial charge on any atom is -0.395 e. The minimum atomic E-state index is -0.629. The smallest absolute Gasteiger partial charge is 0.266 e. The number of aliphatic hydroxyl groups excluding tert-OH is 2. The average molecular weight is 310 g/mol. The van der Waals surface area contributed by atoms with Gasteiger partial charge in [-0.25, -0.2) is 0 Å². The van der Waals surface area contributed by atoms with Crippen LogP contribution in [-0.4, -0.2) is 66.3 Å². The van der Waals surface area contributed by atoms with E-state index in [1.165, 1.54) is 0 Å². The molecule has 1 heterocycles. The number of piperidine rings is 1. The van der Waals surface area contributed by atoms with Crippen LogP contribution in [0.1, 0.15) is 12.8 Å². The molecule has 0 spiro atoms. The summed E-state index contributed by atoms with van der Waals surface area (Å²) in [6, 6.07) is 1.74. The van der Waals surface area contributed by atoms with Gasteiger partial charge in [0.05, 0.1) is 13.2 Å². The van der Waals surface area contributed by atoms with Crippen LogP contribution in [0.15, 0.2) is 11.8 Å². The van der Waals surface area contributed by atoms with Crippen LogP contribution in [0.25, 0.3) is 0 Å². The molecule has 22 heavy (non-hydrogen) atoms. The van der Waals surface area contributed by atoms with Crippen molar-refractivity contribution < 1.29 is 19.8 Å².